The predicted octanol–water partition coefficient (Wildman–Crippen LogP) is 0.641. The minimum atomic E-state index is -3.70. The average molecular weight is 367 g/mol. The number of benzene rings is 1. The van der Waals surface area contributed by atoms with E-state index in [1.54, 1.807) is 17.0 Å². The molecule has 1 aromatic rings. The molecule has 0 bridgehead atoms. The molecule has 0 heterocycles. The summed E-state index contributed by atoms with van der Waals surface area (Å²) in [6.07, 6.45) is 1.74. The van der Waals surface area contributed by atoms with Gasteiger partial charge < -0.3 is 10.2 Å². The maximum absolute atomic E-state index is 12.5. The Hall–Kier alpha value is -1.93. The Kier molecular flexibility index (Phi) is 5.84. The second-order valence-corrected chi connectivity index (χ2v) is 7.82. The molecule has 1 aliphatic carbocycles. The van der Waals surface area contributed by atoms with Crippen LogP contribution in [0.5, 0.6) is 0 Å². The van der Waals surface area contributed by atoms with Gasteiger partial charge in [-0.15, -0.1) is 0 Å². The molecule has 2 amide bonds. The molecule has 2 rings (SSSR count). The lowest BCUT2D eigenvalue weighted by molar-refractivity contribution is -0.143. The first-order valence-corrected chi connectivity index (χ1v) is 9.98. The Labute approximate surface area is 148 Å². The van der Waals surface area contributed by atoms with Crippen molar-refractivity contribution >= 4 is 21.8 Å². The third-order valence-corrected chi connectivity index (χ3v) is 5.53. The molecule has 0 atom stereocenters. The van der Waals surface area contributed by atoms with Crippen molar-refractivity contribution in [2.45, 2.75) is 38.0 Å². The highest BCUT2D eigenvalue weighted by molar-refractivity contribution is 7.89. The van der Waals surface area contributed by atoms with Gasteiger partial charge in [0.1, 0.15) is 5.41 Å². The summed E-state index contributed by atoms with van der Waals surface area (Å²) >= 11 is 0. The van der Waals surface area contributed by atoms with E-state index in [-0.39, 0.29) is 16.7 Å². The molecule has 1 saturated carbocycles. The fourth-order valence-electron chi connectivity index (χ4n) is 2.81. The molecule has 8 heteroatoms. The van der Waals surface area contributed by atoms with E-state index in [0.29, 0.717) is 38.9 Å². The number of hydrogen-bond donors (Lipinski definition) is 2. The van der Waals surface area contributed by atoms with Gasteiger partial charge in [-0.1, -0.05) is 12.1 Å². The maximum atomic E-state index is 12.5. The van der Waals surface area contributed by atoms with E-state index in [1.165, 1.54) is 12.1 Å². The summed E-state index contributed by atoms with van der Waals surface area (Å²) in [5, 5.41) is 7.89. The molecular weight excluding hydrogens is 342 g/mol. The van der Waals surface area contributed by atoms with Crippen LogP contribution < -0.4 is 10.5 Å². The summed E-state index contributed by atoms with van der Waals surface area (Å²) in [7, 11) is -3.70. The lowest BCUT2D eigenvalue weighted by atomic mass is 10.0. The molecule has 0 spiro atoms. The number of rotatable bonds is 8. The maximum Gasteiger partial charge on any atom is 0.238 e. The molecule has 0 unspecified atom stereocenters. The molecule has 0 saturated heterocycles. The summed E-state index contributed by atoms with van der Waals surface area (Å²) in [4.78, 5) is 26.7. The number of primary sulfonamides is 1. The van der Waals surface area contributed by atoms with Crippen molar-refractivity contribution in [3.05, 3.63) is 29.8 Å². The highest BCUT2D eigenvalue weighted by Crippen LogP contribution is 2.47. The molecule has 25 heavy (non-hydrogen) atoms. The zero-order valence-corrected chi connectivity index (χ0v) is 15.4. The Morgan fingerprint density at radius 1 is 1.16 bits per heavy atom. The molecule has 7 nitrogen and oxygen atoms in total. The van der Waals surface area contributed by atoms with Crippen LogP contribution in [0.4, 0.5) is 0 Å². The van der Waals surface area contributed by atoms with E-state index in [0.717, 1.165) is 5.56 Å². The Morgan fingerprint density at radius 2 is 1.72 bits per heavy atom. The molecule has 0 radical (unpaired) electrons. The highest BCUT2D eigenvalue weighted by Gasteiger charge is 2.57. The summed E-state index contributed by atoms with van der Waals surface area (Å²) < 4.78 is 22.4. The number of sulfonamides is 1. The Balaban J connectivity index is 1.89. The van der Waals surface area contributed by atoms with E-state index in [2.05, 4.69) is 5.32 Å². The zero-order valence-electron chi connectivity index (χ0n) is 14.6. The van der Waals surface area contributed by atoms with Gasteiger partial charge in [-0.2, -0.15) is 0 Å². The Morgan fingerprint density at radius 3 is 2.16 bits per heavy atom. The quantitative estimate of drug-likeness (QED) is 0.657. The van der Waals surface area contributed by atoms with Crippen molar-refractivity contribution in [2.75, 3.05) is 19.6 Å². The third kappa shape index (κ3) is 4.38. The summed E-state index contributed by atoms with van der Waals surface area (Å²) in [5.74, 6) is -0.307. The molecule has 138 valence electrons. The molecular formula is C17H25N3O4S. The van der Waals surface area contributed by atoms with E-state index in [1.807, 2.05) is 13.8 Å². The van der Waals surface area contributed by atoms with Crippen LogP contribution in [0, 0.1) is 5.41 Å². The monoisotopic (exact) mass is 367 g/mol. The lowest BCUT2D eigenvalue weighted by Gasteiger charge is -2.24. The topological polar surface area (TPSA) is 110 Å². The average Bonchev–Trinajstić information content (AvgIpc) is 3.37. The minimum Gasteiger partial charge on any atom is -0.355 e. The summed E-state index contributed by atoms with van der Waals surface area (Å²) in [6, 6.07) is 6.22. The van der Waals surface area contributed by atoms with E-state index < -0.39 is 15.4 Å². The molecule has 1 fully saturated rings. The number of carbonyl (C=O) groups is 2. The second-order valence-electron chi connectivity index (χ2n) is 6.25. The minimum absolute atomic E-state index is 0.0574. The SMILES string of the molecule is CCN(CC)C(=O)C1(C(=O)NCCc2ccc(S(N)(=O)=O)cc2)CC1. The van der Waals surface area contributed by atoms with Gasteiger partial charge in [0.05, 0.1) is 4.90 Å². The van der Waals surface area contributed by atoms with Gasteiger partial charge in [0.15, 0.2) is 0 Å². The molecule has 0 aliphatic heterocycles. The second kappa shape index (κ2) is 7.53. The van der Waals surface area contributed by atoms with Crippen molar-refractivity contribution in [3.63, 3.8) is 0 Å². The van der Waals surface area contributed by atoms with Crippen molar-refractivity contribution in [1.82, 2.24) is 10.2 Å². The molecule has 0 aromatic heterocycles. The lowest BCUT2D eigenvalue weighted by Crippen LogP contribution is -2.45. The van der Waals surface area contributed by atoms with Crippen LogP contribution in [-0.4, -0.2) is 44.8 Å². The van der Waals surface area contributed by atoms with Crippen LogP contribution in [0.3, 0.4) is 0 Å². The summed E-state index contributed by atoms with van der Waals surface area (Å²) in [6.45, 7) is 5.39. The van der Waals surface area contributed by atoms with Gasteiger partial charge in [-0.3, -0.25) is 9.59 Å². The molecule has 3 N–H and O–H groups in total. The zero-order chi connectivity index (χ0) is 18.7. The number of amides is 2. The fourth-order valence-corrected chi connectivity index (χ4v) is 3.33. The van der Waals surface area contributed by atoms with Gasteiger partial charge in [0, 0.05) is 19.6 Å². The van der Waals surface area contributed by atoms with Crippen molar-refractivity contribution < 1.29 is 18.0 Å². The summed E-state index contributed by atoms with van der Waals surface area (Å²) in [5.41, 5.74) is -0.00336. The molecule has 1 aromatic carbocycles. The van der Waals surface area contributed by atoms with Crippen LogP contribution in [0.2, 0.25) is 0 Å². The number of nitrogens with zero attached hydrogens (tertiary/aromatic N) is 1. The van der Waals surface area contributed by atoms with Crippen LogP contribution in [0.25, 0.3) is 0 Å². The number of hydrogen-bond acceptors (Lipinski definition) is 4. The van der Waals surface area contributed by atoms with E-state index in [4.69, 9.17) is 5.14 Å². The van der Waals surface area contributed by atoms with E-state index >= 15 is 0 Å². The smallest absolute Gasteiger partial charge is 0.238 e. The normalized spacial score (nSPS) is 15.5. The number of carbonyl (C=O) groups excluding carboxylic acids is 2. The fraction of sp³-hybridized carbons (Fsp3) is 0.529. The van der Waals surface area contributed by atoms with Gasteiger partial charge in [0.2, 0.25) is 21.8 Å². The first kappa shape index (κ1) is 19.4. The standard InChI is InChI=1S/C17H25N3O4S/c1-3-20(4-2)16(22)17(10-11-17)15(21)19-12-9-13-5-7-14(8-6-13)25(18,23)24/h5-8H,3-4,9-12H2,1-2H3,(H,19,21)(H2,18,23,24). The number of nitrogens with one attached hydrogen (secondary N) is 1. The van der Waals surface area contributed by atoms with Crippen molar-refractivity contribution in [2.24, 2.45) is 10.6 Å². The van der Waals surface area contributed by atoms with Crippen LogP contribution >= 0.6 is 0 Å². The first-order valence-electron chi connectivity index (χ1n) is 8.44. The Bertz CT molecular complexity index is 736. The van der Waals surface area contributed by atoms with Crippen molar-refractivity contribution in [3.8, 4) is 0 Å². The van der Waals surface area contributed by atoms with Crippen LogP contribution in [-0.2, 0) is 26.0 Å². The highest BCUT2D eigenvalue weighted by atomic mass is 32.2. The number of nitrogens with two attached hydrogens (primary N) is 1. The largest absolute Gasteiger partial charge is 0.355 e. The van der Waals surface area contributed by atoms with Gasteiger partial charge in [0.25, 0.3) is 0 Å². The predicted molar refractivity (Wildman–Crippen MR) is 94.1 cm³/mol. The van der Waals surface area contributed by atoms with Gasteiger partial charge in [-0.25, -0.2) is 13.6 Å². The van der Waals surface area contributed by atoms with Crippen molar-refractivity contribution in [1.29, 1.82) is 0 Å². The first-order chi connectivity index (χ1) is 11.7. The van der Waals surface area contributed by atoms with Gasteiger partial charge in [-0.05, 0) is 50.8 Å². The van der Waals surface area contributed by atoms with Crippen LogP contribution in [0.15, 0.2) is 29.2 Å². The molecule has 1 aliphatic rings. The van der Waals surface area contributed by atoms with E-state index in [9.17, 15) is 18.0 Å². The van der Waals surface area contributed by atoms with Crippen LogP contribution in [0.1, 0.15) is 32.3 Å². The van der Waals surface area contributed by atoms with Gasteiger partial charge >= 0.3 is 0 Å². The third-order valence-electron chi connectivity index (χ3n) is 4.60.